The van der Waals surface area contributed by atoms with E-state index >= 15 is 0 Å². The average molecular weight is 411 g/mol. The maximum absolute atomic E-state index is 12.3. The van der Waals surface area contributed by atoms with E-state index in [9.17, 15) is 14.4 Å². The number of amides is 4. The molecule has 0 saturated heterocycles. The first kappa shape index (κ1) is 22.9. The quantitative estimate of drug-likeness (QED) is 0.505. The summed E-state index contributed by atoms with van der Waals surface area (Å²) in [6.45, 7) is 7.87. The van der Waals surface area contributed by atoms with Crippen LogP contribution in [0.3, 0.4) is 0 Å². The number of carbonyl (C=O) groups is 3. The highest BCUT2D eigenvalue weighted by atomic mass is 16.2. The number of anilines is 3. The van der Waals surface area contributed by atoms with E-state index in [0.717, 1.165) is 5.56 Å². The highest BCUT2D eigenvalue weighted by Crippen LogP contribution is 2.21. The summed E-state index contributed by atoms with van der Waals surface area (Å²) in [5, 5.41) is 11.2. The molecule has 2 rings (SSSR count). The van der Waals surface area contributed by atoms with Crippen molar-refractivity contribution < 1.29 is 14.4 Å². The standard InChI is InChI=1S/C23H30N4O3/c1-16-12-13-18(26-22(30)25-17-9-6-5-7-10-17)15-19(16)27-20(28)11-8-14-24-21(29)23(2,3)4/h5-7,9-10,12-13,15H,8,11,14H2,1-4H3,(H,24,29)(H,27,28)(H2,25,26,30). The lowest BCUT2D eigenvalue weighted by molar-refractivity contribution is -0.128. The van der Waals surface area contributed by atoms with Crippen molar-refractivity contribution in [1.29, 1.82) is 0 Å². The molecule has 0 unspecified atom stereocenters. The molecule has 0 spiro atoms. The number of hydrogen-bond acceptors (Lipinski definition) is 3. The van der Waals surface area contributed by atoms with Crippen LogP contribution in [0.1, 0.15) is 39.2 Å². The van der Waals surface area contributed by atoms with E-state index in [-0.39, 0.29) is 24.3 Å². The summed E-state index contributed by atoms with van der Waals surface area (Å²) >= 11 is 0. The van der Waals surface area contributed by atoms with Gasteiger partial charge in [0.25, 0.3) is 0 Å². The molecular formula is C23H30N4O3. The zero-order valence-corrected chi connectivity index (χ0v) is 18.0. The monoisotopic (exact) mass is 410 g/mol. The Labute approximate surface area is 177 Å². The molecule has 160 valence electrons. The number of rotatable bonds is 7. The minimum absolute atomic E-state index is 0.0358. The van der Waals surface area contributed by atoms with E-state index in [0.29, 0.717) is 30.0 Å². The zero-order chi connectivity index (χ0) is 22.1. The van der Waals surface area contributed by atoms with Gasteiger partial charge in [-0.15, -0.1) is 0 Å². The Morgan fingerprint density at radius 1 is 0.867 bits per heavy atom. The number of hydrogen-bond donors (Lipinski definition) is 4. The number of urea groups is 1. The highest BCUT2D eigenvalue weighted by molar-refractivity contribution is 6.00. The van der Waals surface area contributed by atoms with E-state index in [1.165, 1.54) is 0 Å². The van der Waals surface area contributed by atoms with Gasteiger partial charge in [0.1, 0.15) is 0 Å². The minimum Gasteiger partial charge on any atom is -0.356 e. The van der Waals surface area contributed by atoms with Crippen molar-refractivity contribution in [2.24, 2.45) is 5.41 Å². The fourth-order valence-corrected chi connectivity index (χ4v) is 2.58. The van der Waals surface area contributed by atoms with Gasteiger partial charge in [0.2, 0.25) is 11.8 Å². The Kier molecular flexibility index (Phi) is 7.98. The van der Waals surface area contributed by atoms with E-state index in [1.807, 2.05) is 52.0 Å². The van der Waals surface area contributed by atoms with Crippen LogP contribution in [0.15, 0.2) is 48.5 Å². The molecule has 0 atom stereocenters. The molecule has 0 heterocycles. The molecule has 2 aromatic rings. The van der Waals surface area contributed by atoms with Crippen molar-refractivity contribution in [1.82, 2.24) is 5.32 Å². The van der Waals surface area contributed by atoms with E-state index in [1.54, 1.807) is 24.3 Å². The Balaban J connectivity index is 1.85. The third-order valence-electron chi connectivity index (χ3n) is 4.35. The van der Waals surface area contributed by atoms with Crippen molar-refractivity contribution in [2.45, 2.75) is 40.5 Å². The second-order valence-electron chi connectivity index (χ2n) is 8.13. The lowest BCUT2D eigenvalue weighted by atomic mass is 9.96. The van der Waals surface area contributed by atoms with Gasteiger partial charge < -0.3 is 21.3 Å². The molecular weight excluding hydrogens is 380 g/mol. The highest BCUT2D eigenvalue weighted by Gasteiger charge is 2.20. The summed E-state index contributed by atoms with van der Waals surface area (Å²) in [6.07, 6.45) is 0.833. The Hall–Kier alpha value is -3.35. The summed E-state index contributed by atoms with van der Waals surface area (Å²) in [6, 6.07) is 14.1. The first-order valence-corrected chi connectivity index (χ1v) is 9.97. The van der Waals surface area contributed by atoms with E-state index in [2.05, 4.69) is 21.3 Å². The number of carbonyl (C=O) groups excluding carboxylic acids is 3. The van der Waals surface area contributed by atoms with Crippen molar-refractivity contribution in [2.75, 3.05) is 22.5 Å². The second-order valence-corrected chi connectivity index (χ2v) is 8.13. The largest absolute Gasteiger partial charge is 0.356 e. The Morgan fingerprint density at radius 2 is 1.53 bits per heavy atom. The van der Waals surface area contributed by atoms with Crippen LogP contribution in [-0.4, -0.2) is 24.4 Å². The van der Waals surface area contributed by atoms with Gasteiger partial charge in [-0.3, -0.25) is 9.59 Å². The lowest BCUT2D eigenvalue weighted by Crippen LogP contribution is -2.35. The summed E-state index contributed by atoms with van der Waals surface area (Å²) < 4.78 is 0. The molecule has 0 aliphatic heterocycles. The molecule has 0 radical (unpaired) electrons. The molecule has 0 aliphatic rings. The van der Waals surface area contributed by atoms with Crippen molar-refractivity contribution >= 4 is 34.9 Å². The SMILES string of the molecule is Cc1ccc(NC(=O)Nc2ccccc2)cc1NC(=O)CCCNC(=O)C(C)(C)C. The van der Waals surface area contributed by atoms with E-state index in [4.69, 9.17) is 0 Å². The van der Waals surface area contributed by atoms with Crippen LogP contribution in [0.5, 0.6) is 0 Å². The van der Waals surface area contributed by atoms with Gasteiger partial charge in [-0.25, -0.2) is 4.79 Å². The Morgan fingerprint density at radius 3 is 2.20 bits per heavy atom. The third kappa shape index (κ3) is 7.58. The molecule has 0 aliphatic carbocycles. The molecule has 0 bridgehead atoms. The zero-order valence-electron chi connectivity index (χ0n) is 18.0. The van der Waals surface area contributed by atoms with Crippen LogP contribution in [0.25, 0.3) is 0 Å². The Bertz CT molecular complexity index is 889. The number of aryl methyl sites for hydroxylation is 1. The molecule has 2 aromatic carbocycles. The fraction of sp³-hybridized carbons (Fsp3) is 0.348. The molecule has 30 heavy (non-hydrogen) atoms. The molecule has 7 nitrogen and oxygen atoms in total. The summed E-state index contributed by atoms with van der Waals surface area (Å²) in [4.78, 5) is 36.2. The van der Waals surface area contributed by atoms with Crippen LogP contribution in [-0.2, 0) is 9.59 Å². The summed E-state index contributed by atoms with van der Waals surface area (Å²) in [7, 11) is 0. The first-order chi connectivity index (χ1) is 14.1. The molecule has 4 N–H and O–H groups in total. The smallest absolute Gasteiger partial charge is 0.323 e. The predicted molar refractivity (Wildman–Crippen MR) is 121 cm³/mol. The van der Waals surface area contributed by atoms with Gasteiger partial charge in [0, 0.05) is 35.4 Å². The maximum atomic E-state index is 12.3. The van der Waals surface area contributed by atoms with Crippen LogP contribution in [0.4, 0.5) is 21.9 Å². The van der Waals surface area contributed by atoms with Gasteiger partial charge >= 0.3 is 6.03 Å². The molecule has 0 saturated carbocycles. The van der Waals surface area contributed by atoms with E-state index < -0.39 is 5.41 Å². The second kappa shape index (κ2) is 10.4. The van der Waals surface area contributed by atoms with Gasteiger partial charge in [-0.05, 0) is 43.2 Å². The number of para-hydroxylation sites is 1. The molecule has 0 aromatic heterocycles. The normalized spacial score (nSPS) is 10.8. The van der Waals surface area contributed by atoms with Crippen molar-refractivity contribution in [3.63, 3.8) is 0 Å². The van der Waals surface area contributed by atoms with Crippen molar-refractivity contribution in [3.8, 4) is 0 Å². The number of benzene rings is 2. The maximum Gasteiger partial charge on any atom is 0.323 e. The predicted octanol–water partition coefficient (Wildman–Crippen LogP) is 4.52. The minimum atomic E-state index is -0.445. The topological polar surface area (TPSA) is 99.3 Å². The average Bonchev–Trinajstić information content (AvgIpc) is 2.67. The first-order valence-electron chi connectivity index (χ1n) is 9.97. The van der Waals surface area contributed by atoms with Crippen LogP contribution in [0.2, 0.25) is 0 Å². The van der Waals surface area contributed by atoms with Crippen LogP contribution in [0, 0.1) is 12.3 Å². The molecule has 7 heteroatoms. The fourth-order valence-electron chi connectivity index (χ4n) is 2.58. The van der Waals surface area contributed by atoms with Crippen molar-refractivity contribution in [3.05, 3.63) is 54.1 Å². The summed E-state index contributed by atoms with van der Waals surface area (Å²) in [5.41, 5.74) is 2.34. The summed E-state index contributed by atoms with van der Waals surface area (Å²) in [5.74, 6) is -0.180. The lowest BCUT2D eigenvalue weighted by Gasteiger charge is -2.17. The van der Waals surface area contributed by atoms with Gasteiger partial charge in [-0.2, -0.15) is 0 Å². The van der Waals surface area contributed by atoms with Gasteiger partial charge in [0.15, 0.2) is 0 Å². The molecule has 0 fully saturated rings. The van der Waals surface area contributed by atoms with Crippen LogP contribution >= 0.6 is 0 Å². The third-order valence-corrected chi connectivity index (χ3v) is 4.35. The molecule has 4 amide bonds. The number of nitrogens with one attached hydrogen (secondary N) is 4. The van der Waals surface area contributed by atoms with Gasteiger partial charge in [-0.1, -0.05) is 45.0 Å². The van der Waals surface area contributed by atoms with Gasteiger partial charge in [0.05, 0.1) is 0 Å². The van der Waals surface area contributed by atoms with Crippen LogP contribution < -0.4 is 21.3 Å².